The predicted octanol–water partition coefficient (Wildman–Crippen LogP) is 2.99. The number of amides is 1. The number of carbonyl (C=O) groups is 1. The molecule has 1 aromatic carbocycles. The summed E-state index contributed by atoms with van der Waals surface area (Å²) in [5.74, 6) is 0.792. The molecule has 2 aromatic rings. The van der Waals surface area contributed by atoms with E-state index in [0.717, 1.165) is 5.56 Å². The van der Waals surface area contributed by atoms with Crippen molar-refractivity contribution >= 4 is 11.6 Å². The summed E-state index contributed by atoms with van der Waals surface area (Å²) in [6.45, 7) is 6.32. The molecule has 21 heavy (non-hydrogen) atoms. The molecule has 1 heterocycles. The molecule has 0 spiro atoms. The summed E-state index contributed by atoms with van der Waals surface area (Å²) in [4.78, 5) is 15.3. The van der Waals surface area contributed by atoms with E-state index in [1.54, 1.807) is 0 Å². The van der Waals surface area contributed by atoms with Crippen molar-refractivity contribution in [2.24, 2.45) is 5.73 Å². The molecule has 110 valence electrons. The summed E-state index contributed by atoms with van der Waals surface area (Å²) in [5.41, 5.74) is 13.8. The van der Waals surface area contributed by atoms with Crippen LogP contribution in [0.3, 0.4) is 0 Å². The first-order chi connectivity index (χ1) is 9.88. The smallest absolute Gasteiger partial charge is 0.251 e. The van der Waals surface area contributed by atoms with E-state index in [4.69, 9.17) is 16.2 Å². The van der Waals surface area contributed by atoms with Gasteiger partial charge in [-0.1, -0.05) is 19.9 Å². The lowest BCUT2D eigenvalue weighted by molar-refractivity contribution is 0.100. The molecule has 0 radical (unpaired) electrons. The van der Waals surface area contributed by atoms with Crippen molar-refractivity contribution in [1.82, 2.24) is 4.98 Å². The van der Waals surface area contributed by atoms with E-state index in [0.29, 0.717) is 11.7 Å². The van der Waals surface area contributed by atoms with E-state index >= 15 is 0 Å². The van der Waals surface area contributed by atoms with E-state index in [-0.39, 0.29) is 17.1 Å². The number of hydrogen-bond acceptors (Lipinski definition) is 4. The van der Waals surface area contributed by atoms with Crippen molar-refractivity contribution in [3.63, 3.8) is 0 Å². The molecule has 0 unspecified atom stereocenters. The van der Waals surface area contributed by atoms with Crippen LogP contribution < -0.4 is 16.2 Å². The Morgan fingerprint density at radius 3 is 2.57 bits per heavy atom. The van der Waals surface area contributed by atoms with Gasteiger partial charge < -0.3 is 16.2 Å². The molecule has 0 atom stereocenters. The number of ether oxygens (including phenoxy) is 1. The average Bonchev–Trinajstić information content (AvgIpc) is 2.40. The SMILES string of the molecule is Cc1cc(Oc2cc(C(N)=O)c(N)cn2)ccc1C(C)C. The molecule has 0 fully saturated rings. The zero-order valence-electron chi connectivity index (χ0n) is 12.4. The Labute approximate surface area is 123 Å². The zero-order chi connectivity index (χ0) is 15.6. The first-order valence-corrected chi connectivity index (χ1v) is 6.72. The summed E-state index contributed by atoms with van der Waals surface area (Å²) >= 11 is 0. The number of primary amides is 1. The molecule has 2 rings (SSSR count). The molecule has 0 saturated carbocycles. The molecular weight excluding hydrogens is 266 g/mol. The average molecular weight is 285 g/mol. The highest BCUT2D eigenvalue weighted by Gasteiger charge is 2.10. The second-order valence-electron chi connectivity index (χ2n) is 5.25. The zero-order valence-corrected chi connectivity index (χ0v) is 12.4. The Morgan fingerprint density at radius 1 is 1.29 bits per heavy atom. The van der Waals surface area contributed by atoms with Gasteiger partial charge in [0.1, 0.15) is 5.75 Å². The van der Waals surface area contributed by atoms with Gasteiger partial charge in [0.15, 0.2) is 0 Å². The first-order valence-electron chi connectivity index (χ1n) is 6.72. The van der Waals surface area contributed by atoms with Crippen LogP contribution in [0, 0.1) is 6.92 Å². The second kappa shape index (κ2) is 5.83. The number of pyridine rings is 1. The molecule has 0 aliphatic heterocycles. The number of benzene rings is 1. The number of hydrogen-bond donors (Lipinski definition) is 2. The Kier molecular flexibility index (Phi) is 4.12. The highest BCUT2D eigenvalue weighted by molar-refractivity contribution is 5.98. The molecular formula is C16H19N3O2. The van der Waals surface area contributed by atoms with Gasteiger partial charge in [0.25, 0.3) is 5.91 Å². The lowest BCUT2D eigenvalue weighted by Gasteiger charge is -2.12. The van der Waals surface area contributed by atoms with Crippen molar-refractivity contribution in [3.05, 3.63) is 47.2 Å². The minimum Gasteiger partial charge on any atom is -0.439 e. The van der Waals surface area contributed by atoms with Crippen LogP contribution in [0.4, 0.5) is 5.69 Å². The van der Waals surface area contributed by atoms with Gasteiger partial charge >= 0.3 is 0 Å². The van der Waals surface area contributed by atoms with Crippen LogP contribution in [0.2, 0.25) is 0 Å². The van der Waals surface area contributed by atoms with Gasteiger partial charge in [-0.05, 0) is 36.1 Å². The normalized spacial score (nSPS) is 10.7. The molecule has 0 saturated heterocycles. The van der Waals surface area contributed by atoms with E-state index in [2.05, 4.69) is 18.8 Å². The van der Waals surface area contributed by atoms with Gasteiger partial charge in [0.2, 0.25) is 5.88 Å². The van der Waals surface area contributed by atoms with Gasteiger partial charge in [-0.3, -0.25) is 4.79 Å². The van der Waals surface area contributed by atoms with E-state index < -0.39 is 5.91 Å². The standard InChI is InChI=1S/C16H19N3O2/c1-9(2)12-5-4-11(6-10(12)3)21-15-7-13(16(18)20)14(17)8-19-15/h4-9H,17H2,1-3H3,(H2,18,20). The summed E-state index contributed by atoms with van der Waals surface area (Å²) < 4.78 is 5.67. The fourth-order valence-electron chi connectivity index (χ4n) is 2.20. The number of aryl methyl sites for hydroxylation is 1. The summed E-state index contributed by atoms with van der Waals surface area (Å²) in [6.07, 6.45) is 1.37. The minimum absolute atomic E-state index is 0.204. The molecule has 1 amide bonds. The Hall–Kier alpha value is -2.56. The van der Waals surface area contributed by atoms with Gasteiger partial charge in [0.05, 0.1) is 17.4 Å². The highest BCUT2D eigenvalue weighted by atomic mass is 16.5. The van der Waals surface area contributed by atoms with E-state index in [1.807, 2.05) is 25.1 Å². The lowest BCUT2D eigenvalue weighted by Crippen LogP contribution is -2.13. The van der Waals surface area contributed by atoms with Crippen LogP contribution in [0.25, 0.3) is 0 Å². The van der Waals surface area contributed by atoms with Gasteiger partial charge in [-0.25, -0.2) is 4.98 Å². The van der Waals surface area contributed by atoms with Gasteiger partial charge in [0, 0.05) is 6.07 Å². The number of rotatable bonds is 4. The quantitative estimate of drug-likeness (QED) is 0.903. The first kappa shape index (κ1) is 14.8. The van der Waals surface area contributed by atoms with E-state index in [9.17, 15) is 4.79 Å². The van der Waals surface area contributed by atoms with Crippen molar-refractivity contribution in [2.75, 3.05) is 5.73 Å². The number of nitrogens with zero attached hydrogens (tertiary/aromatic N) is 1. The second-order valence-corrected chi connectivity index (χ2v) is 5.25. The largest absolute Gasteiger partial charge is 0.439 e. The fraction of sp³-hybridized carbons (Fsp3) is 0.250. The molecule has 0 aliphatic rings. The van der Waals surface area contributed by atoms with Crippen LogP contribution in [-0.4, -0.2) is 10.9 Å². The van der Waals surface area contributed by atoms with Crippen LogP contribution in [0.15, 0.2) is 30.5 Å². The third-order valence-electron chi connectivity index (χ3n) is 3.26. The Bertz CT molecular complexity index is 681. The molecule has 0 bridgehead atoms. The number of aromatic nitrogens is 1. The molecule has 0 aliphatic carbocycles. The van der Waals surface area contributed by atoms with Crippen LogP contribution >= 0.6 is 0 Å². The van der Waals surface area contributed by atoms with E-state index in [1.165, 1.54) is 17.8 Å². The molecule has 4 N–H and O–H groups in total. The fourth-order valence-corrected chi connectivity index (χ4v) is 2.20. The van der Waals surface area contributed by atoms with Crippen molar-refractivity contribution in [1.29, 1.82) is 0 Å². The maximum Gasteiger partial charge on any atom is 0.251 e. The molecule has 1 aromatic heterocycles. The van der Waals surface area contributed by atoms with Crippen LogP contribution in [-0.2, 0) is 0 Å². The number of carbonyl (C=O) groups excluding carboxylic acids is 1. The Balaban J connectivity index is 2.28. The van der Waals surface area contributed by atoms with Crippen molar-refractivity contribution < 1.29 is 9.53 Å². The summed E-state index contributed by atoms with van der Waals surface area (Å²) in [7, 11) is 0. The van der Waals surface area contributed by atoms with Crippen molar-refractivity contribution in [2.45, 2.75) is 26.7 Å². The van der Waals surface area contributed by atoms with Crippen LogP contribution in [0.1, 0.15) is 41.3 Å². The van der Waals surface area contributed by atoms with Crippen molar-refractivity contribution in [3.8, 4) is 11.6 Å². The third kappa shape index (κ3) is 3.31. The maximum absolute atomic E-state index is 11.3. The number of nitrogens with two attached hydrogens (primary N) is 2. The molecule has 5 heteroatoms. The van der Waals surface area contributed by atoms with Gasteiger partial charge in [-0.2, -0.15) is 0 Å². The number of anilines is 1. The topological polar surface area (TPSA) is 91.2 Å². The summed E-state index contributed by atoms with van der Waals surface area (Å²) in [6, 6.07) is 7.30. The number of nitrogen functional groups attached to an aromatic ring is 1. The monoisotopic (exact) mass is 285 g/mol. The predicted molar refractivity (Wildman–Crippen MR) is 82.5 cm³/mol. The highest BCUT2D eigenvalue weighted by Crippen LogP contribution is 2.27. The third-order valence-corrected chi connectivity index (χ3v) is 3.26. The molecule has 5 nitrogen and oxygen atoms in total. The maximum atomic E-state index is 11.3. The summed E-state index contributed by atoms with van der Waals surface area (Å²) in [5, 5.41) is 0. The lowest BCUT2D eigenvalue weighted by atomic mass is 9.98. The van der Waals surface area contributed by atoms with Gasteiger partial charge in [-0.15, -0.1) is 0 Å². The Morgan fingerprint density at radius 2 is 2.00 bits per heavy atom. The van der Waals surface area contributed by atoms with Crippen LogP contribution in [0.5, 0.6) is 11.6 Å². The minimum atomic E-state index is -0.605.